The van der Waals surface area contributed by atoms with Crippen LogP contribution in [0.4, 0.5) is 0 Å². The van der Waals surface area contributed by atoms with E-state index in [0.29, 0.717) is 11.8 Å². The van der Waals surface area contributed by atoms with Gasteiger partial charge in [-0.3, -0.25) is 9.59 Å². The number of hydrogen-bond donors (Lipinski definition) is 2. The number of amides is 1. The van der Waals surface area contributed by atoms with Crippen LogP contribution in [-0.4, -0.2) is 32.8 Å². The Balaban J connectivity index is 1.86. The van der Waals surface area contributed by atoms with Gasteiger partial charge in [0, 0.05) is 11.4 Å². The van der Waals surface area contributed by atoms with Crippen LogP contribution in [0.15, 0.2) is 29.1 Å². The molecule has 0 bridgehead atoms. The lowest BCUT2D eigenvalue weighted by Gasteiger charge is -2.34. The summed E-state index contributed by atoms with van der Waals surface area (Å²) in [4.78, 5) is 36.5. The lowest BCUT2D eigenvalue weighted by atomic mass is 9.78. The number of hydrogen-bond acceptors (Lipinski definition) is 4. The maximum Gasteiger partial charge on any atom is 0.357 e. The number of rotatable bonds is 4. The first-order chi connectivity index (χ1) is 12.4. The molecule has 1 heterocycles. The molecule has 1 aromatic carbocycles. The van der Waals surface area contributed by atoms with Crippen molar-refractivity contribution in [1.29, 1.82) is 0 Å². The summed E-state index contributed by atoms with van der Waals surface area (Å²) in [5.74, 6) is -0.653. The minimum atomic E-state index is -1.23. The van der Waals surface area contributed by atoms with E-state index in [9.17, 15) is 19.5 Å². The molecule has 2 N–H and O–H groups in total. The highest BCUT2D eigenvalue weighted by atomic mass is 16.4. The van der Waals surface area contributed by atoms with Crippen molar-refractivity contribution in [2.45, 2.75) is 45.7 Å². The largest absolute Gasteiger partial charge is 0.476 e. The molecule has 1 fully saturated rings. The molecule has 0 unspecified atom stereocenters. The Morgan fingerprint density at radius 2 is 1.92 bits per heavy atom. The fourth-order valence-electron chi connectivity index (χ4n) is 3.67. The van der Waals surface area contributed by atoms with Gasteiger partial charge in [-0.2, -0.15) is 5.10 Å². The van der Waals surface area contributed by atoms with Gasteiger partial charge < -0.3 is 10.4 Å². The van der Waals surface area contributed by atoms with E-state index in [1.165, 1.54) is 0 Å². The van der Waals surface area contributed by atoms with Crippen LogP contribution in [0.2, 0.25) is 0 Å². The Morgan fingerprint density at radius 1 is 1.23 bits per heavy atom. The number of benzene rings is 1. The molecule has 7 heteroatoms. The molecule has 138 valence electrons. The Bertz CT molecular complexity index is 905. The lowest BCUT2D eigenvalue weighted by Crippen LogP contribution is -2.46. The number of fused-ring (bicyclic) bond motifs is 1. The van der Waals surface area contributed by atoms with Gasteiger partial charge >= 0.3 is 5.97 Å². The second kappa shape index (κ2) is 7.27. The summed E-state index contributed by atoms with van der Waals surface area (Å²) in [6.07, 6.45) is 3.13. The minimum absolute atomic E-state index is 0.0707. The number of aromatic nitrogens is 2. The summed E-state index contributed by atoms with van der Waals surface area (Å²) in [5.41, 5.74) is -0.696. The van der Waals surface area contributed by atoms with Crippen molar-refractivity contribution >= 4 is 22.6 Å². The molecule has 1 aromatic heterocycles. The average molecular weight is 357 g/mol. The van der Waals surface area contributed by atoms with Crippen molar-refractivity contribution in [2.24, 2.45) is 11.8 Å². The van der Waals surface area contributed by atoms with Gasteiger partial charge in [-0.15, -0.1) is 0 Å². The zero-order valence-corrected chi connectivity index (χ0v) is 14.9. The molecule has 2 aromatic rings. The zero-order chi connectivity index (χ0) is 18.8. The number of carboxylic acid groups (broad SMARTS) is 1. The molecule has 0 saturated heterocycles. The van der Waals surface area contributed by atoms with Gasteiger partial charge in [-0.25, -0.2) is 9.48 Å². The smallest absolute Gasteiger partial charge is 0.357 e. The van der Waals surface area contributed by atoms with Crippen LogP contribution in [0.1, 0.15) is 43.6 Å². The molecule has 1 aliphatic carbocycles. The maximum atomic E-state index is 12.6. The van der Waals surface area contributed by atoms with Gasteiger partial charge in [0.2, 0.25) is 5.91 Å². The van der Waals surface area contributed by atoms with E-state index in [2.05, 4.69) is 24.3 Å². The predicted molar refractivity (Wildman–Crippen MR) is 97.1 cm³/mol. The van der Waals surface area contributed by atoms with Crippen LogP contribution >= 0.6 is 0 Å². The number of carbonyl (C=O) groups excluding carboxylic acids is 1. The topological polar surface area (TPSA) is 101 Å². The van der Waals surface area contributed by atoms with Crippen molar-refractivity contribution in [2.75, 3.05) is 0 Å². The summed E-state index contributed by atoms with van der Waals surface area (Å²) in [6, 6.07) is 6.47. The van der Waals surface area contributed by atoms with Crippen LogP contribution < -0.4 is 10.9 Å². The third-order valence-electron chi connectivity index (χ3n) is 5.42. The van der Waals surface area contributed by atoms with Gasteiger partial charge in [0.05, 0.1) is 5.39 Å². The Hall–Kier alpha value is -2.70. The van der Waals surface area contributed by atoms with E-state index in [1.807, 2.05) is 0 Å². The van der Waals surface area contributed by atoms with Crippen molar-refractivity contribution in [3.8, 4) is 0 Å². The third-order valence-corrected chi connectivity index (χ3v) is 5.42. The molecule has 26 heavy (non-hydrogen) atoms. The van der Waals surface area contributed by atoms with E-state index in [0.717, 1.165) is 23.9 Å². The fourth-order valence-corrected chi connectivity index (χ4v) is 3.67. The molecule has 1 amide bonds. The molecule has 0 aliphatic heterocycles. The monoisotopic (exact) mass is 357 g/mol. The Labute approximate surface area is 151 Å². The quantitative estimate of drug-likeness (QED) is 0.872. The Kier molecular flexibility index (Phi) is 5.06. The normalized spacial score (nSPS) is 22.9. The summed E-state index contributed by atoms with van der Waals surface area (Å²) >= 11 is 0. The highest BCUT2D eigenvalue weighted by molar-refractivity contribution is 6.01. The second-order valence-corrected chi connectivity index (χ2v) is 7.10. The van der Waals surface area contributed by atoms with Crippen LogP contribution in [0.3, 0.4) is 0 Å². The van der Waals surface area contributed by atoms with E-state index >= 15 is 0 Å². The number of nitrogens with one attached hydrogen (secondary N) is 1. The second-order valence-electron chi connectivity index (χ2n) is 7.10. The van der Waals surface area contributed by atoms with Crippen molar-refractivity contribution in [3.63, 3.8) is 0 Å². The van der Waals surface area contributed by atoms with Crippen LogP contribution in [0, 0.1) is 11.8 Å². The first kappa shape index (κ1) is 18.1. The van der Waals surface area contributed by atoms with Gasteiger partial charge in [0.15, 0.2) is 5.69 Å². The summed E-state index contributed by atoms with van der Waals surface area (Å²) in [6.45, 7) is 4.01. The molecule has 3 rings (SSSR count). The third kappa shape index (κ3) is 3.47. The van der Waals surface area contributed by atoms with Crippen LogP contribution in [0.25, 0.3) is 10.8 Å². The van der Waals surface area contributed by atoms with Gasteiger partial charge in [-0.1, -0.05) is 44.9 Å². The van der Waals surface area contributed by atoms with E-state index in [-0.39, 0.29) is 35.0 Å². The number of carbonyl (C=O) groups is 2. The van der Waals surface area contributed by atoms with Crippen LogP contribution in [0.5, 0.6) is 0 Å². The predicted octanol–water partition coefficient (Wildman–Crippen LogP) is 2.04. The van der Waals surface area contributed by atoms with Crippen molar-refractivity contribution in [3.05, 3.63) is 40.3 Å². The molecule has 0 spiro atoms. The highest BCUT2D eigenvalue weighted by Crippen LogP contribution is 2.29. The minimum Gasteiger partial charge on any atom is -0.476 e. The van der Waals surface area contributed by atoms with E-state index in [1.54, 1.807) is 24.3 Å². The molecular weight excluding hydrogens is 334 g/mol. The molecule has 3 atom stereocenters. The highest BCUT2D eigenvalue weighted by Gasteiger charge is 2.28. The SMILES string of the molecule is C[C@H]1[C@H](C)CCC[C@H]1NC(=O)Cn1nc(C(=O)O)c2ccccc2c1=O. The molecule has 1 aliphatic rings. The molecule has 1 saturated carbocycles. The van der Waals surface area contributed by atoms with Crippen molar-refractivity contribution < 1.29 is 14.7 Å². The standard InChI is InChI=1S/C19H23N3O4/c1-11-6-5-9-15(12(11)2)20-16(23)10-22-18(24)14-8-4-3-7-13(14)17(21-22)19(25)26/h3-4,7-8,11-12,15H,5-6,9-10H2,1-2H3,(H,20,23)(H,25,26)/t11-,12+,15-/m1/s1. The first-order valence-corrected chi connectivity index (χ1v) is 8.91. The fraction of sp³-hybridized carbons (Fsp3) is 0.474. The molecule has 0 radical (unpaired) electrons. The van der Waals surface area contributed by atoms with Gasteiger partial charge in [0.25, 0.3) is 5.56 Å². The molecule has 7 nitrogen and oxygen atoms in total. The number of nitrogens with zero attached hydrogens (tertiary/aromatic N) is 2. The van der Waals surface area contributed by atoms with E-state index < -0.39 is 11.5 Å². The number of carboxylic acids is 1. The van der Waals surface area contributed by atoms with Gasteiger partial charge in [-0.05, 0) is 24.3 Å². The zero-order valence-electron chi connectivity index (χ0n) is 14.9. The van der Waals surface area contributed by atoms with Crippen LogP contribution in [-0.2, 0) is 11.3 Å². The average Bonchev–Trinajstić information content (AvgIpc) is 2.61. The summed E-state index contributed by atoms with van der Waals surface area (Å²) in [7, 11) is 0. The maximum absolute atomic E-state index is 12.6. The lowest BCUT2D eigenvalue weighted by molar-refractivity contribution is -0.123. The van der Waals surface area contributed by atoms with Crippen molar-refractivity contribution in [1.82, 2.24) is 15.1 Å². The number of aromatic carboxylic acids is 1. The summed E-state index contributed by atoms with van der Waals surface area (Å²) < 4.78 is 0.943. The summed E-state index contributed by atoms with van der Waals surface area (Å²) in [5, 5.41) is 16.8. The van der Waals surface area contributed by atoms with Gasteiger partial charge in [0.1, 0.15) is 6.54 Å². The van der Waals surface area contributed by atoms with E-state index in [4.69, 9.17) is 0 Å². The first-order valence-electron chi connectivity index (χ1n) is 8.91. The Morgan fingerprint density at radius 3 is 2.62 bits per heavy atom. The molecular formula is C19H23N3O4.